The van der Waals surface area contributed by atoms with Gasteiger partial charge in [-0.25, -0.2) is 4.98 Å². The van der Waals surface area contributed by atoms with Crippen molar-refractivity contribution >= 4 is 29.9 Å². The summed E-state index contributed by atoms with van der Waals surface area (Å²) in [6.07, 6.45) is 12.2. The van der Waals surface area contributed by atoms with Crippen molar-refractivity contribution in [1.82, 2.24) is 25.0 Å². The Bertz CT molecular complexity index is 514. The Hall–Kier alpha value is -0.900. The van der Waals surface area contributed by atoms with Crippen LogP contribution in [0.1, 0.15) is 57.2 Å². The molecule has 1 aromatic rings. The van der Waals surface area contributed by atoms with Crippen LogP contribution < -0.4 is 5.32 Å². The van der Waals surface area contributed by atoms with Gasteiger partial charge in [0.05, 0.1) is 12.6 Å². The third-order valence-corrected chi connectivity index (χ3v) is 4.77. The van der Waals surface area contributed by atoms with Gasteiger partial charge in [-0.2, -0.15) is 5.10 Å². The number of unbranched alkanes of at least 4 members (excludes halogenated alkanes) is 1. The molecule has 26 heavy (non-hydrogen) atoms. The van der Waals surface area contributed by atoms with E-state index in [2.05, 4.69) is 25.3 Å². The SMILES string of the molecule is CN=C(NCCCCOC1CCCCCC1)N(C)Cc1ncnn1C.I. The molecule has 1 aliphatic rings. The molecule has 0 spiro atoms. The van der Waals surface area contributed by atoms with Gasteiger partial charge in [-0.3, -0.25) is 9.67 Å². The number of nitrogens with one attached hydrogen (secondary N) is 1. The Kier molecular flexibility index (Phi) is 11.8. The molecule has 0 amide bonds. The van der Waals surface area contributed by atoms with Crippen molar-refractivity contribution in [2.24, 2.45) is 12.0 Å². The number of hydrogen-bond donors (Lipinski definition) is 1. The summed E-state index contributed by atoms with van der Waals surface area (Å²) in [6, 6.07) is 0. The largest absolute Gasteiger partial charge is 0.378 e. The second-order valence-corrected chi connectivity index (χ2v) is 6.82. The van der Waals surface area contributed by atoms with Crippen LogP contribution in [0.25, 0.3) is 0 Å². The maximum atomic E-state index is 6.04. The molecular weight excluding hydrogens is 443 g/mol. The maximum Gasteiger partial charge on any atom is 0.193 e. The van der Waals surface area contributed by atoms with Crippen molar-refractivity contribution in [1.29, 1.82) is 0 Å². The normalized spacial score (nSPS) is 16.0. The number of nitrogens with zero attached hydrogens (tertiary/aromatic N) is 5. The number of rotatable bonds is 8. The highest BCUT2D eigenvalue weighted by Gasteiger charge is 2.12. The van der Waals surface area contributed by atoms with Crippen LogP contribution in [0, 0.1) is 0 Å². The van der Waals surface area contributed by atoms with Crippen molar-refractivity contribution in [3.05, 3.63) is 12.2 Å². The number of guanidine groups is 1. The van der Waals surface area contributed by atoms with E-state index in [1.54, 1.807) is 11.0 Å². The first-order valence-electron chi connectivity index (χ1n) is 9.57. The number of aliphatic imine (C=N–C) groups is 1. The van der Waals surface area contributed by atoms with E-state index in [4.69, 9.17) is 4.74 Å². The molecule has 150 valence electrons. The monoisotopic (exact) mass is 478 g/mol. The topological polar surface area (TPSA) is 67.6 Å². The molecule has 1 heterocycles. The van der Waals surface area contributed by atoms with E-state index in [9.17, 15) is 0 Å². The van der Waals surface area contributed by atoms with Gasteiger partial charge in [-0.1, -0.05) is 25.7 Å². The molecule has 7 nitrogen and oxygen atoms in total. The molecule has 0 aromatic carbocycles. The number of aromatic nitrogens is 3. The van der Waals surface area contributed by atoms with Crippen LogP contribution in [-0.2, 0) is 18.3 Å². The average molecular weight is 478 g/mol. The van der Waals surface area contributed by atoms with E-state index in [0.29, 0.717) is 12.6 Å². The average Bonchev–Trinajstić information content (AvgIpc) is 2.86. The molecule has 0 bridgehead atoms. The quantitative estimate of drug-likeness (QED) is 0.205. The van der Waals surface area contributed by atoms with Crippen molar-refractivity contribution in [3.8, 4) is 0 Å². The predicted octanol–water partition coefficient (Wildman–Crippen LogP) is 2.96. The lowest BCUT2D eigenvalue weighted by Crippen LogP contribution is -2.39. The molecule has 1 aromatic heterocycles. The summed E-state index contributed by atoms with van der Waals surface area (Å²) in [6.45, 7) is 2.46. The molecule has 0 saturated heterocycles. The molecular formula is C18H35IN6O. The minimum Gasteiger partial charge on any atom is -0.378 e. The summed E-state index contributed by atoms with van der Waals surface area (Å²) in [5.41, 5.74) is 0. The van der Waals surface area contributed by atoms with E-state index in [0.717, 1.165) is 37.8 Å². The molecule has 0 aliphatic heterocycles. The highest BCUT2D eigenvalue weighted by Crippen LogP contribution is 2.19. The van der Waals surface area contributed by atoms with Gasteiger partial charge in [0.1, 0.15) is 12.2 Å². The van der Waals surface area contributed by atoms with Gasteiger partial charge in [0, 0.05) is 34.3 Å². The van der Waals surface area contributed by atoms with Crippen molar-refractivity contribution in [2.45, 2.75) is 64.0 Å². The van der Waals surface area contributed by atoms with Gasteiger partial charge in [0.15, 0.2) is 5.96 Å². The van der Waals surface area contributed by atoms with Crippen LogP contribution in [0.4, 0.5) is 0 Å². The molecule has 1 fully saturated rings. The molecule has 8 heteroatoms. The van der Waals surface area contributed by atoms with Gasteiger partial charge in [-0.15, -0.1) is 24.0 Å². The fourth-order valence-corrected chi connectivity index (χ4v) is 3.22. The van der Waals surface area contributed by atoms with Crippen molar-refractivity contribution in [2.75, 3.05) is 27.2 Å². The second-order valence-electron chi connectivity index (χ2n) is 6.82. The molecule has 0 atom stereocenters. The minimum atomic E-state index is 0. The van der Waals surface area contributed by atoms with Crippen LogP contribution in [0.2, 0.25) is 0 Å². The summed E-state index contributed by atoms with van der Waals surface area (Å²) in [5.74, 6) is 1.80. The van der Waals surface area contributed by atoms with Gasteiger partial charge in [-0.05, 0) is 25.7 Å². The van der Waals surface area contributed by atoms with Crippen molar-refractivity contribution in [3.63, 3.8) is 0 Å². The maximum absolute atomic E-state index is 6.04. The fourth-order valence-electron chi connectivity index (χ4n) is 3.22. The fraction of sp³-hybridized carbons (Fsp3) is 0.833. The van der Waals surface area contributed by atoms with E-state index >= 15 is 0 Å². The van der Waals surface area contributed by atoms with Gasteiger partial charge in [0.25, 0.3) is 0 Å². The molecule has 0 radical (unpaired) electrons. The van der Waals surface area contributed by atoms with Crippen LogP contribution in [0.5, 0.6) is 0 Å². The second kappa shape index (κ2) is 13.3. The summed E-state index contributed by atoms with van der Waals surface area (Å²) in [5, 5.41) is 7.51. The summed E-state index contributed by atoms with van der Waals surface area (Å²) in [7, 11) is 5.73. The van der Waals surface area contributed by atoms with Gasteiger partial charge < -0.3 is 15.0 Å². The standard InChI is InChI=1S/C18H34N6O.HI/c1-19-18(23(2)14-17-21-15-22-24(17)3)20-12-8-9-13-25-16-10-6-4-5-7-11-16;/h15-16H,4-14H2,1-3H3,(H,19,20);1H. The van der Waals surface area contributed by atoms with E-state index in [1.807, 2.05) is 21.1 Å². The number of halogens is 1. The first-order valence-corrected chi connectivity index (χ1v) is 9.57. The van der Waals surface area contributed by atoms with E-state index in [1.165, 1.54) is 38.5 Å². The molecule has 0 unspecified atom stereocenters. The minimum absolute atomic E-state index is 0. The van der Waals surface area contributed by atoms with Crippen molar-refractivity contribution < 1.29 is 4.74 Å². The summed E-state index contributed by atoms with van der Waals surface area (Å²) in [4.78, 5) is 10.7. The first-order chi connectivity index (χ1) is 12.2. The molecule has 2 rings (SSSR count). The molecule has 1 N–H and O–H groups in total. The van der Waals surface area contributed by atoms with E-state index in [-0.39, 0.29) is 24.0 Å². The zero-order valence-corrected chi connectivity index (χ0v) is 18.8. The van der Waals surface area contributed by atoms with E-state index < -0.39 is 0 Å². The third kappa shape index (κ3) is 8.20. The Morgan fingerprint density at radius 2 is 2.04 bits per heavy atom. The zero-order valence-electron chi connectivity index (χ0n) is 16.5. The Morgan fingerprint density at radius 3 is 2.65 bits per heavy atom. The van der Waals surface area contributed by atoms with Crippen LogP contribution >= 0.6 is 24.0 Å². The highest BCUT2D eigenvalue weighted by molar-refractivity contribution is 14.0. The molecule has 1 saturated carbocycles. The van der Waals surface area contributed by atoms with Crippen LogP contribution in [0.15, 0.2) is 11.3 Å². The Labute approximate surface area is 175 Å². The highest BCUT2D eigenvalue weighted by atomic mass is 127. The summed E-state index contributed by atoms with van der Waals surface area (Å²) >= 11 is 0. The Balaban J connectivity index is 0.00000338. The number of hydrogen-bond acceptors (Lipinski definition) is 4. The molecule has 1 aliphatic carbocycles. The lowest BCUT2D eigenvalue weighted by molar-refractivity contribution is 0.0411. The lowest BCUT2D eigenvalue weighted by Gasteiger charge is -2.21. The van der Waals surface area contributed by atoms with Crippen LogP contribution in [-0.4, -0.2) is 59.0 Å². The van der Waals surface area contributed by atoms with Gasteiger partial charge in [0.2, 0.25) is 0 Å². The predicted molar refractivity (Wildman–Crippen MR) is 116 cm³/mol. The summed E-state index contributed by atoms with van der Waals surface area (Å²) < 4.78 is 7.83. The van der Waals surface area contributed by atoms with Crippen LogP contribution in [0.3, 0.4) is 0 Å². The zero-order chi connectivity index (χ0) is 17.9. The number of aryl methyl sites for hydroxylation is 1. The Morgan fingerprint density at radius 1 is 1.31 bits per heavy atom. The lowest BCUT2D eigenvalue weighted by atomic mass is 10.1. The third-order valence-electron chi connectivity index (χ3n) is 4.77. The smallest absolute Gasteiger partial charge is 0.193 e. The number of ether oxygens (including phenoxy) is 1. The first kappa shape index (κ1) is 23.1. The van der Waals surface area contributed by atoms with Gasteiger partial charge >= 0.3 is 0 Å².